The van der Waals surface area contributed by atoms with Crippen LogP contribution in [0.3, 0.4) is 0 Å². The van der Waals surface area contributed by atoms with Gasteiger partial charge in [-0.2, -0.15) is 0 Å². The molecule has 0 saturated carbocycles. The Morgan fingerprint density at radius 2 is 0.800 bits per heavy atom. The fraction of sp³-hybridized carbons (Fsp3) is 0.885. The number of allylic oxidation sites excluding steroid dienone is 5. The van der Waals surface area contributed by atoms with E-state index in [0.717, 1.165) is 38.5 Å². The Hall–Kier alpha value is -1.28. The number of nitrogens with zero attached hydrogens (tertiary/aromatic N) is 1. The number of carbonyl (C=O) groups excluding carboxylic acids is 1. The molecule has 3 atom stereocenters. The van der Waals surface area contributed by atoms with Gasteiger partial charge in [-0.1, -0.05) is 269 Å². The quantitative estimate of drug-likeness (QED) is 0.0272. The molecule has 0 aliphatic heterocycles. The summed E-state index contributed by atoms with van der Waals surface area (Å²) in [5.74, 6) is -0.205. The minimum absolute atomic E-state index is 0.00577. The number of nitrogens with one attached hydrogen (secondary N) is 1. The zero-order valence-corrected chi connectivity index (χ0v) is 48.1. The lowest BCUT2D eigenvalue weighted by Crippen LogP contribution is -2.45. The van der Waals surface area contributed by atoms with Crippen molar-refractivity contribution in [1.29, 1.82) is 0 Å². The molecular formula is C61H119N2O6P. The number of aliphatic hydroxyl groups excluding tert-OH is 1. The van der Waals surface area contributed by atoms with Gasteiger partial charge in [0.15, 0.2) is 0 Å². The first-order valence-corrected chi connectivity index (χ1v) is 31.8. The summed E-state index contributed by atoms with van der Waals surface area (Å²) in [7, 11) is 1.25. The van der Waals surface area contributed by atoms with Crippen LogP contribution in [0.2, 0.25) is 0 Å². The predicted octanol–water partition coefficient (Wildman–Crippen LogP) is 17.9. The number of carbonyl (C=O) groups is 1. The normalized spacial score (nSPS) is 14.1. The van der Waals surface area contributed by atoms with E-state index in [-0.39, 0.29) is 12.5 Å². The lowest BCUT2D eigenvalue weighted by molar-refractivity contribution is -0.870. The second-order valence-corrected chi connectivity index (χ2v) is 23.5. The van der Waals surface area contributed by atoms with Crippen molar-refractivity contribution in [3.63, 3.8) is 0 Å². The first kappa shape index (κ1) is 68.7. The third kappa shape index (κ3) is 54.5. The molecule has 8 nitrogen and oxygen atoms in total. The van der Waals surface area contributed by atoms with Gasteiger partial charge in [-0.05, 0) is 57.8 Å². The Bertz CT molecular complexity index is 1230. The number of aliphatic hydroxyl groups is 1. The molecule has 2 N–H and O–H groups in total. The Labute approximate surface area is 436 Å². The number of likely N-dealkylation sites (N-methyl/N-ethyl adjacent to an activating group) is 1. The smallest absolute Gasteiger partial charge is 0.268 e. The molecule has 0 rings (SSSR count). The van der Waals surface area contributed by atoms with Gasteiger partial charge in [0, 0.05) is 6.42 Å². The molecule has 0 aromatic heterocycles. The molecule has 0 radical (unpaired) electrons. The summed E-state index contributed by atoms with van der Waals surface area (Å²) in [5.41, 5.74) is 0. The molecule has 0 aromatic carbocycles. The van der Waals surface area contributed by atoms with Gasteiger partial charge < -0.3 is 28.8 Å². The van der Waals surface area contributed by atoms with Gasteiger partial charge in [-0.25, -0.2) is 0 Å². The van der Waals surface area contributed by atoms with E-state index >= 15 is 0 Å². The maximum absolute atomic E-state index is 13.0. The van der Waals surface area contributed by atoms with Crippen molar-refractivity contribution in [3.05, 3.63) is 36.5 Å². The number of quaternary nitrogens is 1. The average Bonchev–Trinajstić information content (AvgIpc) is 3.32. The molecule has 0 heterocycles. The summed E-state index contributed by atoms with van der Waals surface area (Å²) in [5, 5.41) is 13.9. The molecule has 0 spiro atoms. The van der Waals surface area contributed by atoms with Crippen molar-refractivity contribution in [2.75, 3.05) is 40.9 Å². The molecule has 0 aromatic rings. The van der Waals surface area contributed by atoms with Crippen molar-refractivity contribution in [2.45, 2.75) is 309 Å². The van der Waals surface area contributed by atoms with Gasteiger partial charge in [0.25, 0.3) is 7.82 Å². The maximum Gasteiger partial charge on any atom is 0.268 e. The second kappa shape index (κ2) is 52.6. The molecule has 0 bridgehead atoms. The Kier molecular flexibility index (Phi) is 51.6. The average molecular weight is 1010 g/mol. The maximum atomic E-state index is 13.0. The van der Waals surface area contributed by atoms with Crippen LogP contribution in [0.1, 0.15) is 296 Å². The van der Waals surface area contributed by atoms with E-state index in [4.69, 9.17) is 9.05 Å². The van der Waals surface area contributed by atoms with Crippen LogP contribution in [0.25, 0.3) is 0 Å². The Morgan fingerprint density at radius 3 is 1.16 bits per heavy atom. The topological polar surface area (TPSA) is 108 Å². The highest BCUT2D eigenvalue weighted by Crippen LogP contribution is 2.38. The van der Waals surface area contributed by atoms with Crippen molar-refractivity contribution in [3.8, 4) is 0 Å². The largest absolute Gasteiger partial charge is 0.756 e. The molecule has 414 valence electrons. The minimum atomic E-state index is -4.61. The molecule has 1 amide bonds. The van der Waals surface area contributed by atoms with Crippen LogP contribution in [-0.4, -0.2) is 68.5 Å². The number of rotatable bonds is 56. The predicted molar refractivity (Wildman–Crippen MR) is 302 cm³/mol. The molecule has 0 fully saturated rings. The van der Waals surface area contributed by atoms with Gasteiger partial charge in [-0.15, -0.1) is 0 Å². The SMILES string of the molecule is CCCCCCCCCCCCCC/C=C\CCCCCCCCCCCCC(=O)NC(COP(=O)([O-])OCC[N+](C)(C)C)C(O)/C=C/CC/C=C/CCCCCCCCCCCCCCCCCC. The van der Waals surface area contributed by atoms with Crippen LogP contribution in [-0.2, 0) is 18.4 Å². The standard InChI is InChI=1S/C61H119N2O6P/c1-6-8-10-12-14-16-18-20-22-24-26-28-30-31-32-33-35-37-39-41-43-45-47-49-51-53-55-61(65)62-59(58-69-70(66,67)68-57-56-63(3,4)5)60(64)54-52-50-48-46-44-42-40-38-36-34-29-27-25-23-21-19-17-15-13-11-9-7-2/h31-32,44,46,52,54,59-60,64H,6-30,33-43,45,47-51,53,55-58H2,1-5H3,(H-,62,65,66,67)/b32-31-,46-44+,54-52+. The molecular weight excluding hydrogens is 888 g/mol. The third-order valence-electron chi connectivity index (χ3n) is 13.8. The van der Waals surface area contributed by atoms with E-state index in [1.807, 2.05) is 27.2 Å². The number of unbranched alkanes of at least 4 members (excludes halogenated alkanes) is 39. The van der Waals surface area contributed by atoms with E-state index in [1.54, 1.807) is 6.08 Å². The number of hydrogen-bond acceptors (Lipinski definition) is 6. The fourth-order valence-electron chi connectivity index (χ4n) is 9.05. The summed E-state index contributed by atoms with van der Waals surface area (Å²) in [6.07, 6.45) is 68.1. The number of phosphoric ester groups is 1. The summed E-state index contributed by atoms with van der Waals surface area (Å²) < 4.78 is 23.4. The highest BCUT2D eigenvalue weighted by molar-refractivity contribution is 7.45. The monoisotopic (exact) mass is 1010 g/mol. The van der Waals surface area contributed by atoms with Crippen molar-refractivity contribution in [2.24, 2.45) is 0 Å². The van der Waals surface area contributed by atoms with Crippen LogP contribution in [0.15, 0.2) is 36.5 Å². The Morgan fingerprint density at radius 1 is 0.486 bits per heavy atom. The van der Waals surface area contributed by atoms with Gasteiger partial charge >= 0.3 is 0 Å². The van der Waals surface area contributed by atoms with Crippen LogP contribution >= 0.6 is 7.82 Å². The van der Waals surface area contributed by atoms with Crippen molar-refractivity contribution >= 4 is 13.7 Å². The van der Waals surface area contributed by atoms with Crippen molar-refractivity contribution in [1.82, 2.24) is 5.32 Å². The molecule has 0 saturated heterocycles. The van der Waals surface area contributed by atoms with E-state index in [1.165, 1.54) is 238 Å². The van der Waals surface area contributed by atoms with E-state index < -0.39 is 26.6 Å². The molecule has 70 heavy (non-hydrogen) atoms. The van der Waals surface area contributed by atoms with Crippen molar-refractivity contribution < 1.29 is 32.9 Å². The van der Waals surface area contributed by atoms with Gasteiger partial charge in [0.2, 0.25) is 5.91 Å². The third-order valence-corrected chi connectivity index (χ3v) is 14.8. The van der Waals surface area contributed by atoms with Gasteiger partial charge in [0.1, 0.15) is 13.2 Å². The van der Waals surface area contributed by atoms with E-state index in [0.29, 0.717) is 17.4 Å². The summed E-state index contributed by atoms with van der Waals surface area (Å²) in [6.45, 7) is 4.67. The molecule has 9 heteroatoms. The lowest BCUT2D eigenvalue weighted by Gasteiger charge is -2.29. The number of amides is 1. The van der Waals surface area contributed by atoms with E-state index in [2.05, 4.69) is 43.5 Å². The number of hydrogen-bond donors (Lipinski definition) is 2. The zero-order valence-electron chi connectivity index (χ0n) is 47.2. The highest BCUT2D eigenvalue weighted by atomic mass is 31.2. The molecule has 3 unspecified atom stereocenters. The van der Waals surface area contributed by atoms with Crippen LogP contribution in [0.4, 0.5) is 0 Å². The Balaban J connectivity index is 4.20. The summed E-state index contributed by atoms with van der Waals surface area (Å²) in [6, 6.07) is -0.904. The van der Waals surface area contributed by atoms with Gasteiger partial charge in [-0.3, -0.25) is 9.36 Å². The molecule has 0 aliphatic carbocycles. The first-order chi connectivity index (χ1) is 34.0. The summed E-state index contributed by atoms with van der Waals surface area (Å²) >= 11 is 0. The molecule has 0 aliphatic rings. The minimum Gasteiger partial charge on any atom is -0.756 e. The number of phosphoric acid groups is 1. The second-order valence-electron chi connectivity index (χ2n) is 22.0. The summed E-state index contributed by atoms with van der Waals surface area (Å²) in [4.78, 5) is 25.5. The zero-order chi connectivity index (χ0) is 51.3. The van der Waals surface area contributed by atoms with Gasteiger partial charge in [0.05, 0.1) is 39.9 Å². The van der Waals surface area contributed by atoms with Crippen LogP contribution in [0.5, 0.6) is 0 Å². The van der Waals surface area contributed by atoms with Crippen LogP contribution < -0.4 is 10.2 Å². The fourth-order valence-corrected chi connectivity index (χ4v) is 9.77. The lowest BCUT2D eigenvalue weighted by atomic mass is 10.0. The van der Waals surface area contributed by atoms with Crippen LogP contribution in [0, 0.1) is 0 Å². The van der Waals surface area contributed by atoms with E-state index in [9.17, 15) is 19.4 Å². The highest BCUT2D eigenvalue weighted by Gasteiger charge is 2.23. The first-order valence-electron chi connectivity index (χ1n) is 30.4.